The molecule has 1 aliphatic rings. The van der Waals surface area contributed by atoms with Crippen LogP contribution in [0.1, 0.15) is 40.5 Å². The third-order valence-corrected chi connectivity index (χ3v) is 4.70. The highest BCUT2D eigenvalue weighted by Gasteiger charge is 2.44. The van der Waals surface area contributed by atoms with Gasteiger partial charge in [0.25, 0.3) is 0 Å². The summed E-state index contributed by atoms with van der Waals surface area (Å²) in [5, 5.41) is 9.34. The number of rotatable bonds is 5. The predicted molar refractivity (Wildman–Crippen MR) is 73.7 cm³/mol. The first-order chi connectivity index (χ1) is 9.03. The van der Waals surface area contributed by atoms with Gasteiger partial charge in [-0.25, -0.2) is 0 Å². The molecule has 20 heavy (non-hydrogen) atoms. The fraction of sp³-hybridized carbons (Fsp3) is 0.786. The van der Waals surface area contributed by atoms with Gasteiger partial charge in [-0.15, -0.1) is 0 Å². The van der Waals surface area contributed by atoms with Crippen LogP contribution in [0.15, 0.2) is 0 Å². The average Bonchev–Trinajstić information content (AvgIpc) is 2.72. The standard InChI is InChI=1S/C14H24N2O4/c1-9(2)14(4,12(19)20)7-10(17)16-6-5-13(3,8-16)11(15)18/h9H,5-8H2,1-4H3,(H2,15,18)(H,19,20). The van der Waals surface area contributed by atoms with Gasteiger partial charge in [0.1, 0.15) is 0 Å². The average molecular weight is 284 g/mol. The number of nitrogens with zero attached hydrogens (tertiary/aromatic N) is 1. The molecule has 1 fully saturated rings. The number of hydrogen-bond donors (Lipinski definition) is 2. The number of nitrogens with two attached hydrogens (primary N) is 1. The van der Waals surface area contributed by atoms with Crippen LogP contribution in [0.25, 0.3) is 0 Å². The van der Waals surface area contributed by atoms with Gasteiger partial charge in [0, 0.05) is 19.5 Å². The minimum atomic E-state index is -1.09. The molecular formula is C14H24N2O4. The van der Waals surface area contributed by atoms with Crippen LogP contribution in [0.3, 0.4) is 0 Å². The van der Waals surface area contributed by atoms with Gasteiger partial charge in [-0.2, -0.15) is 0 Å². The second-order valence-corrected chi connectivity index (χ2v) is 6.54. The molecule has 2 atom stereocenters. The van der Waals surface area contributed by atoms with E-state index in [9.17, 15) is 19.5 Å². The third kappa shape index (κ3) is 2.94. The Morgan fingerprint density at radius 1 is 1.40 bits per heavy atom. The van der Waals surface area contributed by atoms with Crippen LogP contribution in [-0.2, 0) is 14.4 Å². The maximum absolute atomic E-state index is 12.3. The van der Waals surface area contributed by atoms with Crippen molar-refractivity contribution in [1.29, 1.82) is 0 Å². The Balaban J connectivity index is 2.78. The molecule has 1 heterocycles. The molecule has 1 rings (SSSR count). The number of carbonyl (C=O) groups excluding carboxylic acids is 2. The Bertz CT molecular complexity index is 435. The summed E-state index contributed by atoms with van der Waals surface area (Å²) in [6.45, 7) is 7.63. The number of amides is 2. The van der Waals surface area contributed by atoms with Crippen molar-refractivity contribution >= 4 is 17.8 Å². The van der Waals surface area contributed by atoms with Crippen molar-refractivity contribution in [2.45, 2.75) is 40.5 Å². The molecule has 0 bridgehead atoms. The Kier molecular flexibility index (Phi) is 4.46. The Labute approximate surface area is 119 Å². The highest BCUT2D eigenvalue weighted by Crippen LogP contribution is 2.35. The zero-order valence-corrected chi connectivity index (χ0v) is 12.6. The molecule has 2 amide bonds. The summed E-state index contributed by atoms with van der Waals surface area (Å²) in [7, 11) is 0. The van der Waals surface area contributed by atoms with Gasteiger partial charge in [-0.1, -0.05) is 13.8 Å². The zero-order valence-electron chi connectivity index (χ0n) is 12.6. The van der Waals surface area contributed by atoms with Crippen molar-refractivity contribution < 1.29 is 19.5 Å². The second kappa shape index (κ2) is 5.42. The van der Waals surface area contributed by atoms with Crippen molar-refractivity contribution in [3.63, 3.8) is 0 Å². The number of carboxylic acids is 1. The Morgan fingerprint density at radius 2 is 1.95 bits per heavy atom. The van der Waals surface area contributed by atoms with E-state index in [1.807, 2.05) is 0 Å². The summed E-state index contributed by atoms with van der Waals surface area (Å²) in [5.41, 5.74) is 3.55. The molecule has 1 saturated heterocycles. The van der Waals surface area contributed by atoms with Crippen molar-refractivity contribution in [3.05, 3.63) is 0 Å². The zero-order chi connectivity index (χ0) is 15.7. The van der Waals surface area contributed by atoms with Crippen molar-refractivity contribution in [2.24, 2.45) is 22.5 Å². The summed E-state index contributed by atoms with van der Waals surface area (Å²) in [4.78, 5) is 36.6. The maximum atomic E-state index is 12.3. The lowest BCUT2D eigenvalue weighted by molar-refractivity contribution is -0.155. The van der Waals surface area contributed by atoms with Crippen LogP contribution >= 0.6 is 0 Å². The molecule has 0 aromatic rings. The SMILES string of the molecule is CC(C)C(C)(CC(=O)N1CCC(C)(C(N)=O)C1)C(=O)O. The van der Waals surface area contributed by atoms with Crippen LogP contribution in [0.2, 0.25) is 0 Å². The summed E-state index contributed by atoms with van der Waals surface area (Å²) >= 11 is 0. The lowest BCUT2D eigenvalue weighted by atomic mass is 9.76. The molecule has 0 saturated carbocycles. The molecule has 1 aliphatic heterocycles. The van der Waals surface area contributed by atoms with Gasteiger partial charge in [-0.3, -0.25) is 14.4 Å². The smallest absolute Gasteiger partial charge is 0.310 e. The summed E-state index contributed by atoms with van der Waals surface area (Å²) < 4.78 is 0. The van der Waals surface area contributed by atoms with E-state index in [1.165, 1.54) is 0 Å². The van der Waals surface area contributed by atoms with E-state index in [2.05, 4.69) is 0 Å². The van der Waals surface area contributed by atoms with Crippen molar-refractivity contribution in [2.75, 3.05) is 13.1 Å². The van der Waals surface area contributed by atoms with Gasteiger partial charge in [-0.05, 0) is 26.2 Å². The summed E-state index contributed by atoms with van der Waals surface area (Å²) in [6.07, 6.45) is 0.467. The first kappa shape index (κ1) is 16.5. The molecule has 0 radical (unpaired) electrons. The molecule has 0 aromatic carbocycles. The lowest BCUT2D eigenvalue weighted by Gasteiger charge is -2.30. The lowest BCUT2D eigenvalue weighted by Crippen LogP contribution is -2.42. The minimum absolute atomic E-state index is 0.0607. The number of hydrogen-bond acceptors (Lipinski definition) is 3. The molecule has 114 valence electrons. The fourth-order valence-electron chi connectivity index (χ4n) is 2.33. The van der Waals surface area contributed by atoms with E-state index in [-0.39, 0.29) is 24.8 Å². The maximum Gasteiger partial charge on any atom is 0.310 e. The molecule has 6 nitrogen and oxygen atoms in total. The molecule has 6 heteroatoms. The molecule has 0 aromatic heterocycles. The number of carbonyl (C=O) groups is 3. The van der Waals surface area contributed by atoms with Gasteiger partial charge < -0.3 is 15.7 Å². The topological polar surface area (TPSA) is 101 Å². The molecule has 2 unspecified atom stereocenters. The first-order valence-electron chi connectivity index (χ1n) is 6.84. The highest BCUT2D eigenvalue weighted by molar-refractivity contribution is 5.87. The van der Waals surface area contributed by atoms with E-state index >= 15 is 0 Å². The predicted octanol–water partition coefficient (Wildman–Crippen LogP) is 0.847. The van der Waals surface area contributed by atoms with Crippen LogP contribution in [0.4, 0.5) is 0 Å². The van der Waals surface area contributed by atoms with Crippen molar-refractivity contribution in [1.82, 2.24) is 4.90 Å². The van der Waals surface area contributed by atoms with E-state index in [0.717, 1.165) is 0 Å². The second-order valence-electron chi connectivity index (χ2n) is 6.54. The summed E-state index contributed by atoms with van der Waals surface area (Å²) in [5.74, 6) is -1.78. The van der Waals surface area contributed by atoms with E-state index in [1.54, 1.807) is 32.6 Å². The number of likely N-dealkylation sites (tertiary alicyclic amines) is 1. The number of primary amides is 1. The molecule has 0 spiro atoms. The molecule has 3 N–H and O–H groups in total. The Hall–Kier alpha value is -1.59. The van der Waals surface area contributed by atoms with Gasteiger partial charge in [0.05, 0.1) is 10.8 Å². The fourth-order valence-corrected chi connectivity index (χ4v) is 2.33. The number of carboxylic acid groups (broad SMARTS) is 1. The largest absolute Gasteiger partial charge is 0.481 e. The van der Waals surface area contributed by atoms with Crippen LogP contribution in [0, 0.1) is 16.7 Å². The number of aliphatic carboxylic acids is 1. The molecular weight excluding hydrogens is 260 g/mol. The van der Waals surface area contributed by atoms with E-state index in [4.69, 9.17) is 5.73 Å². The van der Waals surface area contributed by atoms with Crippen LogP contribution < -0.4 is 5.73 Å². The first-order valence-corrected chi connectivity index (χ1v) is 6.84. The van der Waals surface area contributed by atoms with Gasteiger partial charge in [0.15, 0.2) is 0 Å². The third-order valence-electron chi connectivity index (χ3n) is 4.70. The van der Waals surface area contributed by atoms with E-state index in [0.29, 0.717) is 13.0 Å². The van der Waals surface area contributed by atoms with E-state index < -0.39 is 22.7 Å². The Morgan fingerprint density at radius 3 is 2.30 bits per heavy atom. The van der Waals surface area contributed by atoms with Crippen molar-refractivity contribution in [3.8, 4) is 0 Å². The highest BCUT2D eigenvalue weighted by atomic mass is 16.4. The van der Waals surface area contributed by atoms with Gasteiger partial charge in [0.2, 0.25) is 11.8 Å². The monoisotopic (exact) mass is 284 g/mol. The summed E-state index contributed by atoms with van der Waals surface area (Å²) in [6, 6.07) is 0. The quantitative estimate of drug-likeness (QED) is 0.781. The molecule has 0 aliphatic carbocycles. The van der Waals surface area contributed by atoms with Gasteiger partial charge >= 0.3 is 5.97 Å². The van der Waals surface area contributed by atoms with Crippen LogP contribution in [-0.4, -0.2) is 40.9 Å². The normalized spacial score (nSPS) is 25.6. The van der Waals surface area contributed by atoms with Crippen LogP contribution in [0.5, 0.6) is 0 Å². The minimum Gasteiger partial charge on any atom is -0.481 e.